The second kappa shape index (κ2) is 9.23. The van der Waals surface area contributed by atoms with E-state index >= 15 is 0 Å². The van der Waals surface area contributed by atoms with E-state index in [0.717, 1.165) is 55.4 Å². The third kappa shape index (κ3) is 4.76. The van der Waals surface area contributed by atoms with Crippen LogP contribution in [0.25, 0.3) is 27.6 Å². The van der Waals surface area contributed by atoms with Crippen molar-refractivity contribution in [2.75, 3.05) is 37.6 Å². The largest absolute Gasteiger partial charge is 0.393 e. The van der Waals surface area contributed by atoms with Gasteiger partial charge in [0, 0.05) is 43.5 Å². The molecule has 1 saturated heterocycles. The summed E-state index contributed by atoms with van der Waals surface area (Å²) in [5.41, 5.74) is 3.48. The predicted molar refractivity (Wildman–Crippen MR) is 130 cm³/mol. The van der Waals surface area contributed by atoms with Gasteiger partial charge in [0.15, 0.2) is 5.65 Å². The number of pyridine rings is 1. The summed E-state index contributed by atoms with van der Waals surface area (Å²) in [4.78, 5) is 13.6. The zero-order valence-corrected chi connectivity index (χ0v) is 20.7. The SMILES string of the molecule is CCCN1CCN(c2sc(-c3[nH]nc(-c4cc(C)c5ncnn5c4)c3CC(F)(F)F)nc2C)CC1. The Morgan fingerprint density at radius 2 is 1.91 bits per heavy atom. The normalized spacial score (nSPS) is 15.4. The molecule has 0 unspecified atom stereocenters. The molecule has 186 valence electrons. The van der Waals surface area contributed by atoms with Gasteiger partial charge in [-0.2, -0.15) is 23.4 Å². The van der Waals surface area contributed by atoms with Crippen LogP contribution in [0.4, 0.5) is 18.2 Å². The van der Waals surface area contributed by atoms with Gasteiger partial charge in [-0.1, -0.05) is 18.3 Å². The number of anilines is 1. The van der Waals surface area contributed by atoms with Gasteiger partial charge in [0.1, 0.15) is 16.3 Å². The zero-order valence-electron chi connectivity index (χ0n) is 19.9. The fraction of sp³-hybridized carbons (Fsp3) is 0.478. The van der Waals surface area contributed by atoms with Crippen molar-refractivity contribution in [1.29, 1.82) is 0 Å². The first kappa shape index (κ1) is 23.7. The molecule has 0 amide bonds. The van der Waals surface area contributed by atoms with Crippen molar-refractivity contribution in [3.05, 3.63) is 35.4 Å². The maximum Gasteiger partial charge on any atom is 0.393 e. The number of fused-ring (bicyclic) bond motifs is 1. The number of aromatic nitrogens is 6. The van der Waals surface area contributed by atoms with Gasteiger partial charge in [0.25, 0.3) is 0 Å². The van der Waals surface area contributed by atoms with E-state index in [0.29, 0.717) is 21.9 Å². The summed E-state index contributed by atoms with van der Waals surface area (Å²) in [5.74, 6) is 0. The Kier molecular flexibility index (Phi) is 6.26. The maximum absolute atomic E-state index is 13.7. The molecule has 0 bridgehead atoms. The Morgan fingerprint density at radius 1 is 1.14 bits per heavy atom. The second-order valence-electron chi connectivity index (χ2n) is 8.90. The van der Waals surface area contributed by atoms with E-state index in [9.17, 15) is 13.2 Å². The molecule has 4 aromatic rings. The van der Waals surface area contributed by atoms with Gasteiger partial charge < -0.3 is 4.90 Å². The van der Waals surface area contributed by atoms with Crippen LogP contribution in [-0.4, -0.2) is 73.6 Å². The number of halogens is 3. The van der Waals surface area contributed by atoms with Crippen LogP contribution in [0.1, 0.15) is 30.2 Å². The van der Waals surface area contributed by atoms with Crippen molar-refractivity contribution in [2.45, 2.75) is 39.8 Å². The zero-order chi connectivity index (χ0) is 24.7. The molecule has 0 saturated carbocycles. The summed E-state index contributed by atoms with van der Waals surface area (Å²) < 4.78 is 42.6. The number of piperazine rings is 1. The molecule has 1 aliphatic rings. The first-order chi connectivity index (χ1) is 16.7. The van der Waals surface area contributed by atoms with Crippen LogP contribution >= 0.6 is 11.3 Å². The lowest BCUT2D eigenvalue weighted by Crippen LogP contribution is -2.46. The number of alkyl halides is 3. The molecule has 1 aliphatic heterocycles. The monoisotopic (exact) mass is 504 g/mol. The minimum Gasteiger partial charge on any atom is -0.359 e. The lowest BCUT2D eigenvalue weighted by Gasteiger charge is -2.35. The van der Waals surface area contributed by atoms with Gasteiger partial charge in [0.2, 0.25) is 0 Å². The quantitative estimate of drug-likeness (QED) is 0.417. The van der Waals surface area contributed by atoms with Crippen LogP contribution < -0.4 is 4.90 Å². The van der Waals surface area contributed by atoms with E-state index < -0.39 is 12.6 Å². The van der Waals surface area contributed by atoms with Gasteiger partial charge in [-0.05, 0) is 38.4 Å². The van der Waals surface area contributed by atoms with Crippen molar-refractivity contribution < 1.29 is 13.2 Å². The molecule has 0 radical (unpaired) electrons. The lowest BCUT2D eigenvalue weighted by atomic mass is 10.0. The molecule has 35 heavy (non-hydrogen) atoms. The van der Waals surface area contributed by atoms with Gasteiger partial charge in [-0.25, -0.2) is 14.5 Å². The number of nitrogens with zero attached hydrogens (tertiary/aromatic N) is 7. The highest BCUT2D eigenvalue weighted by molar-refractivity contribution is 7.19. The number of aromatic amines is 1. The molecular formula is C23H27F3N8S. The Bertz CT molecular complexity index is 1330. The van der Waals surface area contributed by atoms with Crippen LogP contribution in [0.2, 0.25) is 0 Å². The van der Waals surface area contributed by atoms with Crippen LogP contribution in [-0.2, 0) is 6.42 Å². The Labute approximate surface area is 204 Å². The van der Waals surface area contributed by atoms with Crippen molar-refractivity contribution in [3.8, 4) is 22.0 Å². The number of H-pyrrole nitrogens is 1. The molecule has 1 N–H and O–H groups in total. The van der Waals surface area contributed by atoms with E-state index in [1.807, 2.05) is 13.8 Å². The molecular weight excluding hydrogens is 477 g/mol. The summed E-state index contributed by atoms with van der Waals surface area (Å²) in [5, 5.41) is 12.9. The standard InChI is InChI=1S/C23H27F3N8S/c1-4-5-32-6-8-33(9-7-32)22-15(3)29-21(35-22)19-17(11-23(24,25)26)18(30-31-19)16-10-14(2)20-27-13-28-34(20)12-16/h10,12-13H,4-9,11H2,1-3H3,(H,30,31). The lowest BCUT2D eigenvalue weighted by molar-refractivity contribution is -0.127. The van der Waals surface area contributed by atoms with Crippen molar-refractivity contribution in [3.63, 3.8) is 0 Å². The maximum atomic E-state index is 13.7. The molecule has 12 heteroatoms. The average Bonchev–Trinajstić information content (AvgIpc) is 3.52. The number of aryl methyl sites for hydroxylation is 2. The molecule has 5 rings (SSSR count). The first-order valence-electron chi connectivity index (χ1n) is 11.6. The summed E-state index contributed by atoms with van der Waals surface area (Å²) >= 11 is 1.42. The fourth-order valence-corrected chi connectivity index (χ4v) is 5.80. The molecule has 0 aromatic carbocycles. The summed E-state index contributed by atoms with van der Waals surface area (Å²) in [6.07, 6.45) is -1.31. The molecule has 0 spiro atoms. The number of thiazole rings is 1. The molecule has 8 nitrogen and oxygen atoms in total. The minimum absolute atomic E-state index is 0.0874. The predicted octanol–water partition coefficient (Wildman–Crippen LogP) is 4.50. The third-order valence-electron chi connectivity index (χ3n) is 6.26. The van der Waals surface area contributed by atoms with Crippen LogP contribution in [0.3, 0.4) is 0 Å². The van der Waals surface area contributed by atoms with Gasteiger partial charge >= 0.3 is 6.18 Å². The van der Waals surface area contributed by atoms with Crippen LogP contribution in [0, 0.1) is 13.8 Å². The first-order valence-corrected chi connectivity index (χ1v) is 12.4. The molecule has 4 aromatic heterocycles. The highest BCUT2D eigenvalue weighted by atomic mass is 32.1. The van der Waals surface area contributed by atoms with Gasteiger partial charge in [-0.15, -0.1) is 0 Å². The topological polar surface area (TPSA) is 78.2 Å². The fourth-order valence-electron chi connectivity index (χ4n) is 4.66. The van der Waals surface area contributed by atoms with E-state index in [2.05, 4.69) is 42.0 Å². The number of hydrogen-bond acceptors (Lipinski definition) is 7. The highest BCUT2D eigenvalue weighted by Crippen LogP contribution is 2.40. The smallest absolute Gasteiger partial charge is 0.359 e. The van der Waals surface area contributed by atoms with E-state index in [-0.39, 0.29) is 11.3 Å². The molecule has 0 atom stereocenters. The van der Waals surface area contributed by atoms with Crippen molar-refractivity contribution >= 4 is 22.0 Å². The number of nitrogens with one attached hydrogen (secondary N) is 1. The Balaban J connectivity index is 1.52. The summed E-state index contributed by atoms with van der Waals surface area (Å²) in [7, 11) is 0. The molecule has 0 aliphatic carbocycles. The van der Waals surface area contributed by atoms with E-state index in [1.165, 1.54) is 17.7 Å². The van der Waals surface area contributed by atoms with E-state index in [4.69, 9.17) is 0 Å². The molecule has 1 fully saturated rings. The number of rotatable bonds is 6. The summed E-state index contributed by atoms with van der Waals surface area (Å²) in [6, 6.07) is 1.79. The average molecular weight is 505 g/mol. The van der Waals surface area contributed by atoms with Gasteiger partial charge in [0.05, 0.1) is 23.5 Å². The third-order valence-corrected chi connectivity index (χ3v) is 7.50. The van der Waals surface area contributed by atoms with Gasteiger partial charge in [-0.3, -0.25) is 10.00 Å². The number of hydrogen-bond donors (Lipinski definition) is 1. The van der Waals surface area contributed by atoms with Crippen molar-refractivity contribution in [1.82, 2.24) is 34.7 Å². The van der Waals surface area contributed by atoms with Crippen LogP contribution in [0.15, 0.2) is 18.6 Å². The Morgan fingerprint density at radius 3 is 2.63 bits per heavy atom. The summed E-state index contributed by atoms with van der Waals surface area (Å²) in [6.45, 7) is 10.7. The van der Waals surface area contributed by atoms with Crippen molar-refractivity contribution in [2.24, 2.45) is 0 Å². The Hall–Kier alpha value is -2.99. The molecule has 5 heterocycles. The minimum atomic E-state index is -4.40. The van der Waals surface area contributed by atoms with E-state index in [1.54, 1.807) is 16.8 Å². The highest BCUT2D eigenvalue weighted by Gasteiger charge is 2.34. The van der Waals surface area contributed by atoms with Crippen LogP contribution in [0.5, 0.6) is 0 Å². The second-order valence-corrected chi connectivity index (χ2v) is 9.87.